The molecule has 2 fully saturated rings. The van der Waals surface area contributed by atoms with Crippen LogP contribution in [0.4, 0.5) is 23.7 Å². The summed E-state index contributed by atoms with van der Waals surface area (Å²) in [6, 6.07) is 0.958. The average molecular weight is 399 g/mol. The van der Waals surface area contributed by atoms with E-state index in [-0.39, 0.29) is 29.5 Å². The molecule has 0 unspecified atom stereocenters. The molecule has 2 saturated heterocycles. The van der Waals surface area contributed by atoms with Crippen LogP contribution in [0.3, 0.4) is 0 Å². The lowest BCUT2D eigenvalue weighted by molar-refractivity contribution is -0.137. The molecule has 1 aromatic rings. The number of amides is 2. The second-order valence-electron chi connectivity index (χ2n) is 8.55. The minimum atomic E-state index is -4.51. The van der Waals surface area contributed by atoms with E-state index in [1.807, 2.05) is 0 Å². The van der Waals surface area contributed by atoms with Gasteiger partial charge in [0.15, 0.2) is 0 Å². The van der Waals surface area contributed by atoms with Gasteiger partial charge in [0.1, 0.15) is 5.60 Å². The van der Waals surface area contributed by atoms with Crippen molar-refractivity contribution in [2.45, 2.75) is 51.8 Å². The number of anilines is 1. The highest BCUT2D eigenvalue weighted by Gasteiger charge is 2.46. The molecule has 9 heteroatoms. The van der Waals surface area contributed by atoms with Crippen molar-refractivity contribution < 1.29 is 27.5 Å². The molecular formula is C19H24F3N3O3. The Morgan fingerprint density at radius 2 is 1.82 bits per heavy atom. The van der Waals surface area contributed by atoms with E-state index in [0.717, 1.165) is 12.3 Å². The molecule has 0 N–H and O–H groups in total. The van der Waals surface area contributed by atoms with Gasteiger partial charge in [-0.15, -0.1) is 0 Å². The Bertz CT molecular complexity index is 766. The maximum atomic E-state index is 12.9. The van der Waals surface area contributed by atoms with Gasteiger partial charge in [0.25, 0.3) is 0 Å². The maximum Gasteiger partial charge on any atom is 0.417 e. The largest absolute Gasteiger partial charge is 0.444 e. The van der Waals surface area contributed by atoms with Crippen molar-refractivity contribution in [1.29, 1.82) is 0 Å². The van der Waals surface area contributed by atoms with E-state index in [2.05, 4.69) is 4.98 Å². The van der Waals surface area contributed by atoms with Gasteiger partial charge >= 0.3 is 12.3 Å². The predicted octanol–water partition coefficient (Wildman–Crippen LogP) is 3.85. The summed E-state index contributed by atoms with van der Waals surface area (Å²) in [6.07, 6.45) is -1.41. The molecule has 0 atom stereocenters. The summed E-state index contributed by atoms with van der Waals surface area (Å²) in [6.45, 7) is 6.64. The van der Waals surface area contributed by atoms with Crippen LogP contribution in [0.25, 0.3) is 0 Å². The third-order valence-corrected chi connectivity index (χ3v) is 5.16. The molecule has 0 radical (unpaired) electrons. The number of carbonyl (C=O) groups excluding carboxylic acids is 2. The van der Waals surface area contributed by atoms with Gasteiger partial charge in [-0.3, -0.25) is 9.78 Å². The van der Waals surface area contributed by atoms with E-state index in [1.165, 1.54) is 11.1 Å². The van der Waals surface area contributed by atoms with Crippen molar-refractivity contribution in [1.82, 2.24) is 9.88 Å². The first-order valence-corrected chi connectivity index (χ1v) is 9.19. The smallest absolute Gasteiger partial charge is 0.417 e. The number of ether oxygens (including phenoxy) is 1. The molecule has 2 amide bonds. The van der Waals surface area contributed by atoms with Gasteiger partial charge in [-0.1, -0.05) is 0 Å². The van der Waals surface area contributed by atoms with E-state index in [1.54, 1.807) is 25.7 Å². The van der Waals surface area contributed by atoms with Gasteiger partial charge in [0.05, 0.1) is 17.4 Å². The summed E-state index contributed by atoms with van der Waals surface area (Å²) >= 11 is 0. The zero-order valence-corrected chi connectivity index (χ0v) is 16.2. The molecule has 154 valence electrons. The number of alkyl halides is 3. The fourth-order valence-electron chi connectivity index (χ4n) is 3.69. The summed E-state index contributed by atoms with van der Waals surface area (Å²) in [5.41, 5.74) is -1.64. The number of hydrogen-bond donors (Lipinski definition) is 0. The van der Waals surface area contributed by atoms with Crippen molar-refractivity contribution in [3.8, 4) is 0 Å². The molecule has 1 aromatic heterocycles. The average Bonchev–Trinajstić information content (AvgIpc) is 2.89. The van der Waals surface area contributed by atoms with Crippen LogP contribution in [0.1, 0.15) is 45.6 Å². The van der Waals surface area contributed by atoms with Crippen molar-refractivity contribution in [2.24, 2.45) is 5.41 Å². The molecule has 6 nitrogen and oxygen atoms in total. The Morgan fingerprint density at radius 3 is 2.39 bits per heavy atom. The lowest BCUT2D eigenvalue weighted by atomic mass is 9.78. The second-order valence-corrected chi connectivity index (χ2v) is 8.55. The molecule has 28 heavy (non-hydrogen) atoms. The zero-order valence-electron chi connectivity index (χ0n) is 16.2. The SMILES string of the molecule is CC(C)(C)OC(=O)N1CCC2(CC1)CC(=O)N(c1cncc(C(F)(F)F)c1)C2. The summed E-state index contributed by atoms with van der Waals surface area (Å²) < 4.78 is 44.2. The number of piperidine rings is 1. The number of aromatic nitrogens is 1. The van der Waals surface area contributed by atoms with Crippen molar-refractivity contribution in [2.75, 3.05) is 24.5 Å². The molecule has 2 aliphatic rings. The van der Waals surface area contributed by atoms with Gasteiger partial charge in [-0.2, -0.15) is 13.2 Å². The van der Waals surface area contributed by atoms with Crippen LogP contribution < -0.4 is 4.90 Å². The third-order valence-electron chi connectivity index (χ3n) is 5.16. The summed E-state index contributed by atoms with van der Waals surface area (Å²) in [5, 5.41) is 0. The number of halogens is 3. The quantitative estimate of drug-likeness (QED) is 0.720. The minimum absolute atomic E-state index is 0.159. The van der Waals surface area contributed by atoms with Gasteiger partial charge < -0.3 is 14.5 Å². The Morgan fingerprint density at radius 1 is 1.18 bits per heavy atom. The molecule has 2 aliphatic heterocycles. The molecule has 1 spiro atoms. The van der Waals surface area contributed by atoms with Crippen LogP contribution in [0, 0.1) is 5.41 Å². The number of likely N-dealkylation sites (tertiary alicyclic amines) is 1. The third kappa shape index (κ3) is 4.39. The number of carbonyl (C=O) groups is 2. The number of rotatable bonds is 1. The van der Waals surface area contributed by atoms with Crippen LogP contribution in [0.5, 0.6) is 0 Å². The fourth-order valence-corrected chi connectivity index (χ4v) is 3.69. The van der Waals surface area contributed by atoms with Crippen LogP contribution >= 0.6 is 0 Å². The lowest BCUT2D eigenvalue weighted by Gasteiger charge is -2.39. The van der Waals surface area contributed by atoms with E-state index in [0.29, 0.717) is 32.5 Å². The van der Waals surface area contributed by atoms with Crippen LogP contribution in [-0.2, 0) is 15.7 Å². The number of nitrogens with zero attached hydrogens (tertiary/aromatic N) is 3. The van der Waals surface area contributed by atoms with Gasteiger partial charge in [0.2, 0.25) is 5.91 Å². The standard InChI is InChI=1S/C19H24F3N3O3/c1-17(2,3)28-16(27)24-6-4-18(5-7-24)9-15(26)25(12-18)14-8-13(10-23-11-14)19(20,21)22/h8,10-11H,4-7,9,12H2,1-3H3. The predicted molar refractivity (Wildman–Crippen MR) is 95.7 cm³/mol. The van der Waals surface area contributed by atoms with Crippen molar-refractivity contribution in [3.63, 3.8) is 0 Å². The number of hydrogen-bond acceptors (Lipinski definition) is 4. The van der Waals surface area contributed by atoms with E-state index >= 15 is 0 Å². The van der Waals surface area contributed by atoms with Gasteiger partial charge in [-0.25, -0.2) is 4.79 Å². The van der Waals surface area contributed by atoms with Crippen LogP contribution in [0.15, 0.2) is 18.5 Å². The fraction of sp³-hybridized carbons (Fsp3) is 0.632. The van der Waals surface area contributed by atoms with E-state index in [9.17, 15) is 22.8 Å². The first-order chi connectivity index (χ1) is 12.9. The molecule has 0 saturated carbocycles. The zero-order chi connectivity index (χ0) is 20.7. The maximum absolute atomic E-state index is 12.9. The number of pyridine rings is 1. The highest BCUT2D eigenvalue weighted by molar-refractivity contribution is 5.96. The van der Waals surface area contributed by atoms with Crippen LogP contribution in [0.2, 0.25) is 0 Å². The van der Waals surface area contributed by atoms with Gasteiger partial charge in [-0.05, 0) is 39.7 Å². The van der Waals surface area contributed by atoms with Crippen LogP contribution in [-0.4, -0.2) is 47.1 Å². The van der Waals surface area contributed by atoms with E-state index < -0.39 is 17.3 Å². The molecule has 0 aromatic carbocycles. The first-order valence-electron chi connectivity index (χ1n) is 9.19. The summed E-state index contributed by atoms with van der Waals surface area (Å²) in [7, 11) is 0. The Labute approximate surface area is 161 Å². The molecule has 3 heterocycles. The Balaban J connectivity index is 1.68. The molecule has 0 bridgehead atoms. The Hall–Kier alpha value is -2.32. The Kier molecular flexibility index (Phi) is 5.05. The van der Waals surface area contributed by atoms with E-state index in [4.69, 9.17) is 4.74 Å². The monoisotopic (exact) mass is 399 g/mol. The normalized spacial score (nSPS) is 20.0. The molecular weight excluding hydrogens is 375 g/mol. The summed E-state index contributed by atoms with van der Waals surface area (Å²) in [5.74, 6) is -0.216. The highest BCUT2D eigenvalue weighted by atomic mass is 19.4. The summed E-state index contributed by atoms with van der Waals surface area (Å²) in [4.78, 5) is 31.4. The molecule has 0 aliphatic carbocycles. The van der Waals surface area contributed by atoms with Gasteiger partial charge in [0, 0.05) is 37.7 Å². The topological polar surface area (TPSA) is 62.7 Å². The second kappa shape index (κ2) is 6.93. The molecule has 3 rings (SSSR count). The lowest BCUT2D eigenvalue weighted by Crippen LogP contribution is -2.46. The first kappa shape index (κ1) is 20.4. The van der Waals surface area contributed by atoms with Crippen molar-refractivity contribution in [3.05, 3.63) is 24.0 Å². The minimum Gasteiger partial charge on any atom is -0.444 e. The van der Waals surface area contributed by atoms with Crippen molar-refractivity contribution >= 4 is 17.7 Å². The highest BCUT2D eigenvalue weighted by Crippen LogP contribution is 2.43.